The van der Waals surface area contributed by atoms with E-state index in [1.165, 1.54) is 5.56 Å². The number of hydrogen-bond donors (Lipinski definition) is 1. The molecule has 1 heterocycles. The zero-order valence-corrected chi connectivity index (χ0v) is 11.8. The maximum atomic E-state index is 11.3. The normalized spacial score (nSPS) is 18.2. The maximum absolute atomic E-state index is 11.3. The van der Waals surface area contributed by atoms with Crippen LogP contribution in [0.2, 0.25) is 0 Å². The highest BCUT2D eigenvalue weighted by Gasteiger charge is 2.26. The van der Waals surface area contributed by atoms with Gasteiger partial charge in [0.2, 0.25) is 0 Å². The predicted octanol–water partition coefficient (Wildman–Crippen LogP) is 3.74. The predicted molar refractivity (Wildman–Crippen MR) is 82.2 cm³/mol. The fourth-order valence-electron chi connectivity index (χ4n) is 2.88. The maximum Gasteiger partial charge on any atom is 0.333 e. The van der Waals surface area contributed by atoms with Crippen LogP contribution < -0.4 is 0 Å². The first kappa shape index (κ1) is 13.7. The van der Waals surface area contributed by atoms with Gasteiger partial charge in [0.25, 0.3) is 0 Å². The van der Waals surface area contributed by atoms with E-state index in [4.69, 9.17) is 4.74 Å². The van der Waals surface area contributed by atoms with Crippen molar-refractivity contribution < 1.29 is 14.6 Å². The lowest BCUT2D eigenvalue weighted by atomic mass is 9.98. The van der Waals surface area contributed by atoms with Crippen LogP contribution in [-0.4, -0.2) is 17.2 Å². The van der Waals surface area contributed by atoms with Gasteiger partial charge in [-0.25, -0.2) is 4.79 Å². The zero-order valence-electron chi connectivity index (χ0n) is 11.8. The number of aryl methyl sites for hydroxylation is 1. The standard InChI is InChI=1S/C18H18O3/c1-12-11-14(21-18(12)20)6-4-5-13-9-10-17(19)16-8-3-2-7-15(13)16/h2-3,7-10,14,19H,1,4-6,11H2. The highest BCUT2D eigenvalue weighted by atomic mass is 16.5. The molecule has 0 aliphatic carbocycles. The minimum absolute atomic E-state index is 0.0200. The molecule has 0 amide bonds. The number of rotatable bonds is 4. The van der Waals surface area contributed by atoms with Gasteiger partial charge in [0.05, 0.1) is 0 Å². The molecule has 21 heavy (non-hydrogen) atoms. The number of fused-ring (bicyclic) bond motifs is 1. The van der Waals surface area contributed by atoms with Crippen molar-refractivity contribution in [1.82, 2.24) is 0 Å². The van der Waals surface area contributed by atoms with E-state index in [-0.39, 0.29) is 12.1 Å². The van der Waals surface area contributed by atoms with Crippen LogP contribution in [0.5, 0.6) is 5.75 Å². The zero-order chi connectivity index (χ0) is 14.8. The van der Waals surface area contributed by atoms with Gasteiger partial charge in [0.15, 0.2) is 0 Å². The largest absolute Gasteiger partial charge is 0.507 e. The molecule has 2 aromatic carbocycles. The second kappa shape index (κ2) is 5.60. The minimum Gasteiger partial charge on any atom is -0.507 e. The van der Waals surface area contributed by atoms with Crippen molar-refractivity contribution in [3.8, 4) is 5.75 Å². The number of carbonyl (C=O) groups excluding carboxylic acids is 1. The Balaban J connectivity index is 1.68. The summed E-state index contributed by atoms with van der Waals surface area (Å²) in [6.07, 6.45) is 3.32. The van der Waals surface area contributed by atoms with Crippen LogP contribution >= 0.6 is 0 Å². The average molecular weight is 282 g/mol. The lowest BCUT2D eigenvalue weighted by Gasteiger charge is -2.10. The number of benzene rings is 2. The number of aromatic hydroxyl groups is 1. The van der Waals surface area contributed by atoms with Gasteiger partial charge in [-0.3, -0.25) is 0 Å². The summed E-state index contributed by atoms with van der Waals surface area (Å²) >= 11 is 0. The van der Waals surface area contributed by atoms with Crippen LogP contribution in [0.15, 0.2) is 48.6 Å². The van der Waals surface area contributed by atoms with E-state index >= 15 is 0 Å². The van der Waals surface area contributed by atoms with Crippen LogP contribution in [0.3, 0.4) is 0 Å². The molecule has 108 valence electrons. The number of esters is 1. The molecule has 0 bridgehead atoms. The molecule has 1 aliphatic heterocycles. The monoisotopic (exact) mass is 282 g/mol. The van der Waals surface area contributed by atoms with Gasteiger partial charge >= 0.3 is 5.97 Å². The van der Waals surface area contributed by atoms with E-state index < -0.39 is 0 Å². The topological polar surface area (TPSA) is 46.5 Å². The van der Waals surface area contributed by atoms with Crippen LogP contribution in [0.25, 0.3) is 10.8 Å². The Labute approximate surface area is 123 Å². The summed E-state index contributed by atoms with van der Waals surface area (Å²) in [7, 11) is 0. The first-order valence-electron chi connectivity index (χ1n) is 7.23. The van der Waals surface area contributed by atoms with Crippen LogP contribution in [0.4, 0.5) is 0 Å². The Hall–Kier alpha value is -2.29. The molecule has 1 unspecified atom stereocenters. The van der Waals surface area contributed by atoms with Crippen molar-refractivity contribution in [3.05, 3.63) is 54.1 Å². The lowest BCUT2D eigenvalue weighted by molar-refractivity contribution is -0.139. The number of ether oxygens (including phenoxy) is 1. The first-order chi connectivity index (χ1) is 10.1. The Bertz CT molecular complexity index is 687. The summed E-state index contributed by atoms with van der Waals surface area (Å²) in [4.78, 5) is 11.3. The molecule has 0 aromatic heterocycles. The van der Waals surface area contributed by atoms with Crippen molar-refractivity contribution in [2.24, 2.45) is 0 Å². The molecule has 1 atom stereocenters. The Morgan fingerprint density at radius 3 is 2.67 bits per heavy atom. The lowest BCUT2D eigenvalue weighted by Crippen LogP contribution is -2.06. The molecule has 0 saturated carbocycles. The summed E-state index contributed by atoms with van der Waals surface area (Å²) in [6.45, 7) is 3.70. The quantitative estimate of drug-likeness (QED) is 0.686. The smallest absolute Gasteiger partial charge is 0.333 e. The number of phenols is 1. The van der Waals surface area contributed by atoms with Gasteiger partial charge < -0.3 is 9.84 Å². The molecule has 1 saturated heterocycles. The highest BCUT2D eigenvalue weighted by molar-refractivity contribution is 5.91. The molecule has 2 aromatic rings. The van der Waals surface area contributed by atoms with Gasteiger partial charge in [-0.15, -0.1) is 0 Å². The third kappa shape index (κ3) is 2.77. The number of phenolic OH excluding ortho intramolecular Hbond substituents is 1. The Morgan fingerprint density at radius 1 is 1.19 bits per heavy atom. The van der Waals surface area contributed by atoms with E-state index in [2.05, 4.69) is 6.58 Å². The second-order valence-corrected chi connectivity index (χ2v) is 5.52. The van der Waals surface area contributed by atoms with E-state index in [9.17, 15) is 9.90 Å². The highest BCUT2D eigenvalue weighted by Crippen LogP contribution is 2.29. The Kier molecular flexibility index (Phi) is 3.65. The van der Waals surface area contributed by atoms with Crippen molar-refractivity contribution in [3.63, 3.8) is 0 Å². The van der Waals surface area contributed by atoms with Crippen molar-refractivity contribution in [2.75, 3.05) is 0 Å². The first-order valence-corrected chi connectivity index (χ1v) is 7.23. The number of hydrogen-bond acceptors (Lipinski definition) is 3. The van der Waals surface area contributed by atoms with Gasteiger partial charge in [0, 0.05) is 17.4 Å². The molecule has 1 N–H and O–H groups in total. The van der Waals surface area contributed by atoms with E-state index in [0.29, 0.717) is 17.7 Å². The molecular formula is C18H18O3. The summed E-state index contributed by atoms with van der Waals surface area (Å²) < 4.78 is 5.24. The number of cyclic esters (lactones) is 1. The summed E-state index contributed by atoms with van der Waals surface area (Å²) in [5.41, 5.74) is 1.79. The second-order valence-electron chi connectivity index (χ2n) is 5.52. The van der Waals surface area contributed by atoms with Crippen molar-refractivity contribution in [2.45, 2.75) is 31.8 Å². The molecular weight excluding hydrogens is 264 g/mol. The van der Waals surface area contributed by atoms with E-state index in [1.807, 2.05) is 30.3 Å². The van der Waals surface area contributed by atoms with Crippen molar-refractivity contribution >= 4 is 16.7 Å². The SMILES string of the molecule is C=C1CC(CCCc2ccc(O)c3ccccc23)OC1=O. The molecule has 1 aliphatic rings. The third-order valence-electron chi connectivity index (χ3n) is 4.00. The van der Waals surface area contributed by atoms with Gasteiger partial charge in [-0.1, -0.05) is 36.9 Å². The Morgan fingerprint density at radius 2 is 1.95 bits per heavy atom. The summed E-state index contributed by atoms with van der Waals surface area (Å²) in [5, 5.41) is 11.9. The molecule has 3 nitrogen and oxygen atoms in total. The fraction of sp³-hybridized carbons (Fsp3) is 0.278. The molecule has 0 spiro atoms. The molecule has 3 rings (SSSR count). The van der Waals surface area contributed by atoms with Gasteiger partial charge in [0.1, 0.15) is 11.9 Å². The van der Waals surface area contributed by atoms with Gasteiger partial charge in [-0.2, -0.15) is 0 Å². The van der Waals surface area contributed by atoms with Crippen LogP contribution in [-0.2, 0) is 16.0 Å². The van der Waals surface area contributed by atoms with E-state index in [1.54, 1.807) is 6.07 Å². The molecule has 3 heteroatoms. The fourth-order valence-corrected chi connectivity index (χ4v) is 2.88. The average Bonchev–Trinajstić information content (AvgIpc) is 2.80. The minimum atomic E-state index is -0.255. The number of carbonyl (C=O) groups is 1. The van der Waals surface area contributed by atoms with Crippen LogP contribution in [0.1, 0.15) is 24.8 Å². The summed E-state index contributed by atoms with van der Waals surface area (Å²) in [5.74, 6) is 0.0606. The van der Waals surface area contributed by atoms with Crippen LogP contribution in [0, 0.1) is 0 Å². The van der Waals surface area contributed by atoms with E-state index in [0.717, 1.165) is 30.0 Å². The molecule has 0 radical (unpaired) electrons. The van der Waals surface area contributed by atoms with Gasteiger partial charge in [-0.05, 0) is 36.3 Å². The summed E-state index contributed by atoms with van der Waals surface area (Å²) in [6, 6.07) is 11.6. The third-order valence-corrected chi connectivity index (χ3v) is 4.00. The van der Waals surface area contributed by atoms with Crippen molar-refractivity contribution in [1.29, 1.82) is 0 Å². The molecule has 1 fully saturated rings.